The fourth-order valence-electron chi connectivity index (χ4n) is 4.08. The van der Waals surface area contributed by atoms with E-state index in [4.69, 9.17) is 0 Å². The maximum atomic E-state index is 3.82. The summed E-state index contributed by atoms with van der Waals surface area (Å²) in [5.41, 5.74) is 2.08. The first-order chi connectivity index (χ1) is 10.0. The molecule has 1 aromatic rings. The highest BCUT2D eigenvalue weighted by atomic mass is 15.3. The average molecular weight is 286 g/mol. The van der Waals surface area contributed by atoms with Gasteiger partial charge >= 0.3 is 0 Å². The monoisotopic (exact) mass is 286 g/mol. The molecule has 116 valence electrons. The van der Waals surface area contributed by atoms with Gasteiger partial charge in [-0.15, -0.1) is 0 Å². The van der Waals surface area contributed by atoms with E-state index in [0.717, 1.165) is 13.1 Å². The van der Waals surface area contributed by atoms with Crippen LogP contribution in [0, 0.1) is 5.41 Å². The molecular formula is C19H30N2. The molecule has 0 amide bonds. The summed E-state index contributed by atoms with van der Waals surface area (Å²) in [4.78, 5) is 2.77. The van der Waals surface area contributed by atoms with E-state index in [1.54, 1.807) is 0 Å². The minimum Gasteiger partial charge on any atom is -0.305 e. The van der Waals surface area contributed by atoms with Crippen LogP contribution in [0.15, 0.2) is 30.3 Å². The van der Waals surface area contributed by atoms with Crippen molar-refractivity contribution < 1.29 is 0 Å². The molecule has 21 heavy (non-hydrogen) atoms. The minimum absolute atomic E-state index is 0.0903. The summed E-state index contributed by atoms with van der Waals surface area (Å²) < 4.78 is 0. The number of hydrogen-bond donors (Lipinski definition) is 1. The molecule has 2 aliphatic rings. The van der Waals surface area contributed by atoms with Gasteiger partial charge in [-0.3, -0.25) is 4.90 Å². The highest BCUT2D eigenvalue weighted by Gasteiger charge is 2.41. The lowest BCUT2D eigenvalue weighted by Gasteiger charge is -2.51. The Morgan fingerprint density at radius 3 is 2.48 bits per heavy atom. The van der Waals surface area contributed by atoms with Crippen molar-refractivity contribution in [3.8, 4) is 0 Å². The first kappa shape index (κ1) is 15.1. The standard InChI is InChI=1S/C19H30N2/c1-4-17-13-20-19(3,16-9-6-5-7-10-16)15-21(17)14-18(2)11-8-12-18/h5-7,9-10,17,20H,4,8,11-15H2,1-3H3. The van der Waals surface area contributed by atoms with E-state index in [2.05, 4.69) is 61.3 Å². The molecule has 3 rings (SSSR count). The van der Waals surface area contributed by atoms with Crippen molar-refractivity contribution in [1.82, 2.24) is 10.2 Å². The molecule has 1 saturated carbocycles. The Morgan fingerprint density at radius 2 is 1.90 bits per heavy atom. The zero-order chi connectivity index (χ0) is 14.9. The predicted octanol–water partition coefficient (Wildman–Crippen LogP) is 3.78. The fourth-order valence-corrected chi connectivity index (χ4v) is 4.08. The lowest BCUT2D eigenvalue weighted by Crippen LogP contribution is -2.62. The molecule has 2 heteroatoms. The van der Waals surface area contributed by atoms with Crippen molar-refractivity contribution >= 4 is 0 Å². The molecule has 1 saturated heterocycles. The molecule has 2 unspecified atom stereocenters. The smallest absolute Gasteiger partial charge is 0.0535 e. The van der Waals surface area contributed by atoms with E-state index in [-0.39, 0.29) is 5.54 Å². The largest absolute Gasteiger partial charge is 0.305 e. The molecule has 1 aromatic carbocycles. The van der Waals surface area contributed by atoms with Crippen LogP contribution in [-0.4, -0.2) is 30.6 Å². The summed E-state index contributed by atoms with van der Waals surface area (Å²) in [5.74, 6) is 0. The Labute approximate surface area is 129 Å². The Hall–Kier alpha value is -0.860. The van der Waals surface area contributed by atoms with Gasteiger partial charge in [0, 0.05) is 25.7 Å². The molecule has 1 heterocycles. The predicted molar refractivity (Wildman–Crippen MR) is 89.4 cm³/mol. The lowest BCUT2D eigenvalue weighted by atomic mass is 9.69. The van der Waals surface area contributed by atoms with Crippen LogP contribution in [0.3, 0.4) is 0 Å². The van der Waals surface area contributed by atoms with Crippen molar-refractivity contribution in [2.75, 3.05) is 19.6 Å². The van der Waals surface area contributed by atoms with E-state index in [0.29, 0.717) is 11.5 Å². The van der Waals surface area contributed by atoms with Crippen molar-refractivity contribution in [2.45, 2.75) is 58.0 Å². The molecule has 2 nitrogen and oxygen atoms in total. The molecule has 1 aliphatic heterocycles. The van der Waals surface area contributed by atoms with Gasteiger partial charge in [0.1, 0.15) is 0 Å². The van der Waals surface area contributed by atoms with Crippen LogP contribution in [0.4, 0.5) is 0 Å². The summed E-state index contributed by atoms with van der Waals surface area (Å²) >= 11 is 0. The van der Waals surface area contributed by atoms with Gasteiger partial charge in [0.05, 0.1) is 5.54 Å². The topological polar surface area (TPSA) is 15.3 Å². The first-order valence-electron chi connectivity index (χ1n) is 8.59. The number of rotatable bonds is 4. The molecule has 0 spiro atoms. The summed E-state index contributed by atoms with van der Waals surface area (Å²) in [5, 5.41) is 3.82. The van der Waals surface area contributed by atoms with Crippen LogP contribution in [0.25, 0.3) is 0 Å². The van der Waals surface area contributed by atoms with Gasteiger partial charge in [0.15, 0.2) is 0 Å². The molecule has 1 N–H and O–H groups in total. The molecule has 2 fully saturated rings. The third-order valence-corrected chi connectivity index (χ3v) is 5.79. The third kappa shape index (κ3) is 3.02. The summed E-state index contributed by atoms with van der Waals surface area (Å²) in [6.07, 6.45) is 5.49. The van der Waals surface area contributed by atoms with Crippen molar-refractivity contribution in [2.24, 2.45) is 5.41 Å². The van der Waals surface area contributed by atoms with Gasteiger partial charge in [0.25, 0.3) is 0 Å². The minimum atomic E-state index is 0.0903. The maximum Gasteiger partial charge on any atom is 0.0535 e. The Morgan fingerprint density at radius 1 is 1.19 bits per heavy atom. The summed E-state index contributed by atoms with van der Waals surface area (Å²) in [7, 11) is 0. The lowest BCUT2D eigenvalue weighted by molar-refractivity contribution is 0.0143. The normalized spacial score (nSPS) is 32.6. The van der Waals surface area contributed by atoms with Crippen LogP contribution < -0.4 is 5.32 Å². The van der Waals surface area contributed by atoms with Crippen LogP contribution in [-0.2, 0) is 5.54 Å². The second kappa shape index (κ2) is 5.73. The quantitative estimate of drug-likeness (QED) is 0.906. The van der Waals surface area contributed by atoms with E-state index >= 15 is 0 Å². The van der Waals surface area contributed by atoms with Gasteiger partial charge in [-0.1, -0.05) is 50.6 Å². The van der Waals surface area contributed by atoms with Crippen molar-refractivity contribution in [3.63, 3.8) is 0 Å². The van der Waals surface area contributed by atoms with Gasteiger partial charge < -0.3 is 5.32 Å². The molecule has 0 aromatic heterocycles. The van der Waals surface area contributed by atoms with E-state index in [1.165, 1.54) is 37.8 Å². The highest BCUT2D eigenvalue weighted by molar-refractivity contribution is 5.25. The van der Waals surface area contributed by atoms with Crippen LogP contribution >= 0.6 is 0 Å². The Bertz CT molecular complexity index is 466. The van der Waals surface area contributed by atoms with Crippen molar-refractivity contribution in [3.05, 3.63) is 35.9 Å². The second-order valence-electron chi connectivity index (χ2n) is 7.71. The van der Waals surface area contributed by atoms with Gasteiger partial charge in [0.2, 0.25) is 0 Å². The van der Waals surface area contributed by atoms with Crippen LogP contribution in [0.5, 0.6) is 0 Å². The highest BCUT2D eigenvalue weighted by Crippen LogP contribution is 2.42. The maximum absolute atomic E-state index is 3.82. The van der Waals surface area contributed by atoms with Gasteiger partial charge in [-0.05, 0) is 37.2 Å². The fraction of sp³-hybridized carbons (Fsp3) is 0.684. The van der Waals surface area contributed by atoms with Crippen LogP contribution in [0.2, 0.25) is 0 Å². The zero-order valence-corrected chi connectivity index (χ0v) is 13.9. The zero-order valence-electron chi connectivity index (χ0n) is 13.9. The number of hydrogen-bond acceptors (Lipinski definition) is 2. The first-order valence-corrected chi connectivity index (χ1v) is 8.59. The Balaban J connectivity index is 1.77. The van der Waals surface area contributed by atoms with E-state index < -0.39 is 0 Å². The SMILES string of the molecule is CCC1CNC(C)(c2ccccc2)CN1CC1(C)CCC1. The molecule has 1 aliphatic carbocycles. The summed E-state index contributed by atoms with van der Waals surface area (Å²) in [6, 6.07) is 11.7. The molecule has 0 radical (unpaired) electrons. The van der Waals surface area contributed by atoms with Crippen LogP contribution in [0.1, 0.15) is 52.0 Å². The van der Waals surface area contributed by atoms with E-state index in [1.807, 2.05) is 0 Å². The van der Waals surface area contributed by atoms with Gasteiger partial charge in [-0.25, -0.2) is 0 Å². The number of nitrogens with one attached hydrogen (secondary N) is 1. The Kier molecular flexibility index (Phi) is 4.11. The molecule has 2 atom stereocenters. The molecule has 0 bridgehead atoms. The van der Waals surface area contributed by atoms with Gasteiger partial charge in [-0.2, -0.15) is 0 Å². The van der Waals surface area contributed by atoms with E-state index in [9.17, 15) is 0 Å². The average Bonchev–Trinajstić information content (AvgIpc) is 2.47. The number of piperazine rings is 1. The third-order valence-electron chi connectivity index (χ3n) is 5.79. The molecular weight excluding hydrogens is 256 g/mol. The number of benzene rings is 1. The second-order valence-corrected chi connectivity index (χ2v) is 7.71. The van der Waals surface area contributed by atoms with Crippen molar-refractivity contribution in [1.29, 1.82) is 0 Å². The number of nitrogens with zero attached hydrogens (tertiary/aromatic N) is 1. The summed E-state index contributed by atoms with van der Waals surface area (Å²) in [6.45, 7) is 10.7.